The summed E-state index contributed by atoms with van der Waals surface area (Å²) in [4.78, 5) is 14.3. The molecule has 1 N–H and O–H groups in total. The van der Waals surface area contributed by atoms with Crippen LogP contribution in [-0.2, 0) is 4.74 Å². The van der Waals surface area contributed by atoms with Crippen molar-refractivity contribution >= 4 is 5.91 Å². The topological polar surface area (TPSA) is 54.7 Å². The van der Waals surface area contributed by atoms with Crippen molar-refractivity contribution in [3.05, 3.63) is 23.7 Å². The van der Waals surface area contributed by atoms with Crippen LogP contribution in [0.2, 0.25) is 0 Å². The van der Waals surface area contributed by atoms with E-state index in [0.717, 1.165) is 31.7 Å². The van der Waals surface area contributed by atoms with Gasteiger partial charge in [0.05, 0.1) is 12.9 Å². The molecule has 1 amide bonds. The summed E-state index contributed by atoms with van der Waals surface area (Å²) in [7, 11) is 1.71. The maximum atomic E-state index is 12.0. The van der Waals surface area contributed by atoms with E-state index in [1.54, 1.807) is 19.4 Å². The highest BCUT2D eigenvalue weighted by atomic mass is 16.5. The quantitative estimate of drug-likeness (QED) is 0.846. The maximum Gasteiger partial charge on any atom is 0.287 e. The third-order valence-corrected chi connectivity index (χ3v) is 3.65. The van der Waals surface area contributed by atoms with Crippen molar-refractivity contribution in [2.75, 3.05) is 33.4 Å². The molecule has 0 aromatic carbocycles. The first-order chi connectivity index (χ1) is 9.22. The number of methoxy groups -OCH3 is 1. The Bertz CT molecular complexity index is 417. The zero-order valence-electron chi connectivity index (χ0n) is 11.6. The molecule has 0 saturated carbocycles. The zero-order chi connectivity index (χ0) is 13.7. The van der Waals surface area contributed by atoms with Crippen molar-refractivity contribution in [1.82, 2.24) is 10.2 Å². The lowest BCUT2D eigenvalue weighted by atomic mass is 10.2. The van der Waals surface area contributed by atoms with Crippen LogP contribution in [0.15, 0.2) is 16.7 Å². The largest absolute Gasteiger partial charge is 0.459 e. The monoisotopic (exact) mass is 266 g/mol. The third-order valence-electron chi connectivity index (χ3n) is 3.65. The first kappa shape index (κ1) is 14.1. The van der Waals surface area contributed by atoms with Gasteiger partial charge in [-0.2, -0.15) is 0 Å². The van der Waals surface area contributed by atoms with Gasteiger partial charge in [-0.05, 0) is 32.4 Å². The number of aryl methyl sites for hydroxylation is 1. The molecule has 0 spiro atoms. The molecule has 5 nitrogen and oxygen atoms in total. The normalized spacial score (nSPS) is 19.8. The second-order valence-electron chi connectivity index (χ2n) is 4.97. The zero-order valence-corrected chi connectivity index (χ0v) is 11.6. The van der Waals surface area contributed by atoms with Gasteiger partial charge in [0.25, 0.3) is 5.91 Å². The molecule has 1 aromatic rings. The first-order valence-electron chi connectivity index (χ1n) is 6.77. The Labute approximate surface area is 113 Å². The molecule has 106 valence electrons. The molecule has 2 heterocycles. The average molecular weight is 266 g/mol. The van der Waals surface area contributed by atoms with E-state index in [2.05, 4.69) is 10.2 Å². The molecule has 0 aliphatic carbocycles. The Hall–Kier alpha value is -1.33. The number of nitrogens with zero attached hydrogens (tertiary/aromatic N) is 1. The molecule has 1 aliphatic rings. The molecule has 1 fully saturated rings. The van der Waals surface area contributed by atoms with Crippen molar-refractivity contribution < 1.29 is 13.9 Å². The summed E-state index contributed by atoms with van der Waals surface area (Å²) in [5, 5.41) is 2.96. The molecule has 2 rings (SSSR count). The van der Waals surface area contributed by atoms with E-state index in [1.165, 1.54) is 6.42 Å². The van der Waals surface area contributed by atoms with Crippen LogP contribution in [0.1, 0.15) is 29.0 Å². The fraction of sp³-hybridized carbons (Fsp3) is 0.643. The second kappa shape index (κ2) is 6.73. The van der Waals surface area contributed by atoms with Gasteiger partial charge in [-0.1, -0.05) is 0 Å². The smallest absolute Gasteiger partial charge is 0.287 e. The van der Waals surface area contributed by atoms with E-state index in [0.29, 0.717) is 18.3 Å². The van der Waals surface area contributed by atoms with Crippen molar-refractivity contribution in [1.29, 1.82) is 0 Å². The highest BCUT2D eigenvalue weighted by Crippen LogP contribution is 2.16. The molecule has 1 saturated heterocycles. The lowest BCUT2D eigenvalue weighted by Gasteiger charge is -2.24. The third kappa shape index (κ3) is 3.58. The number of amides is 1. The number of likely N-dealkylation sites (tertiary alicyclic amines) is 1. The summed E-state index contributed by atoms with van der Waals surface area (Å²) in [5.41, 5.74) is 0.875. The molecule has 19 heavy (non-hydrogen) atoms. The van der Waals surface area contributed by atoms with Crippen LogP contribution in [0, 0.1) is 6.92 Å². The summed E-state index contributed by atoms with van der Waals surface area (Å²) >= 11 is 0. The molecule has 0 radical (unpaired) electrons. The molecule has 0 unspecified atom stereocenters. The number of nitrogens with one attached hydrogen (secondary N) is 1. The Morgan fingerprint density at radius 3 is 3.16 bits per heavy atom. The van der Waals surface area contributed by atoms with Gasteiger partial charge in [-0.15, -0.1) is 0 Å². The summed E-state index contributed by atoms with van der Waals surface area (Å²) in [6, 6.07) is 2.21. The number of hydrogen-bond donors (Lipinski definition) is 1. The maximum absolute atomic E-state index is 12.0. The molecule has 1 aliphatic heterocycles. The van der Waals surface area contributed by atoms with Crippen LogP contribution in [0.25, 0.3) is 0 Å². The van der Waals surface area contributed by atoms with Crippen LogP contribution >= 0.6 is 0 Å². The SMILES string of the molecule is COCCN1CCC[C@H]1CNC(=O)c1occc1C. The number of carbonyl (C=O) groups is 1. The van der Waals surface area contributed by atoms with Crippen LogP contribution in [-0.4, -0.2) is 50.2 Å². The van der Waals surface area contributed by atoms with E-state index in [1.807, 2.05) is 6.92 Å². The predicted octanol–water partition coefficient (Wildman–Crippen LogP) is 1.43. The van der Waals surface area contributed by atoms with E-state index >= 15 is 0 Å². The number of hydrogen-bond acceptors (Lipinski definition) is 4. The Morgan fingerprint density at radius 1 is 1.63 bits per heavy atom. The molecule has 0 bridgehead atoms. The Morgan fingerprint density at radius 2 is 2.47 bits per heavy atom. The summed E-state index contributed by atoms with van der Waals surface area (Å²) in [6.07, 6.45) is 3.86. The van der Waals surface area contributed by atoms with Crippen LogP contribution in [0.5, 0.6) is 0 Å². The van der Waals surface area contributed by atoms with Gasteiger partial charge < -0.3 is 14.5 Å². The fourth-order valence-corrected chi connectivity index (χ4v) is 2.53. The minimum atomic E-state index is -0.124. The summed E-state index contributed by atoms with van der Waals surface area (Å²) in [5.74, 6) is 0.294. The highest BCUT2D eigenvalue weighted by molar-refractivity contribution is 5.92. The first-order valence-corrected chi connectivity index (χ1v) is 6.77. The second-order valence-corrected chi connectivity index (χ2v) is 4.97. The van der Waals surface area contributed by atoms with Gasteiger partial charge in [0.2, 0.25) is 0 Å². The number of rotatable bonds is 6. The average Bonchev–Trinajstić information content (AvgIpc) is 3.02. The van der Waals surface area contributed by atoms with E-state index < -0.39 is 0 Å². The minimum Gasteiger partial charge on any atom is -0.459 e. The number of carbonyl (C=O) groups excluding carboxylic acids is 1. The van der Waals surface area contributed by atoms with E-state index in [4.69, 9.17) is 9.15 Å². The van der Waals surface area contributed by atoms with Gasteiger partial charge in [-0.25, -0.2) is 0 Å². The lowest BCUT2D eigenvalue weighted by molar-refractivity contribution is 0.0904. The van der Waals surface area contributed by atoms with Crippen LogP contribution in [0.3, 0.4) is 0 Å². The number of furan rings is 1. The fourth-order valence-electron chi connectivity index (χ4n) is 2.53. The lowest BCUT2D eigenvalue weighted by Crippen LogP contribution is -2.41. The number of ether oxygens (including phenoxy) is 1. The Kier molecular flexibility index (Phi) is 4.99. The van der Waals surface area contributed by atoms with Crippen molar-refractivity contribution in [2.45, 2.75) is 25.8 Å². The van der Waals surface area contributed by atoms with Crippen molar-refractivity contribution in [3.8, 4) is 0 Å². The van der Waals surface area contributed by atoms with Crippen molar-refractivity contribution in [2.24, 2.45) is 0 Å². The Balaban J connectivity index is 1.81. The minimum absolute atomic E-state index is 0.124. The van der Waals surface area contributed by atoms with Gasteiger partial charge in [-0.3, -0.25) is 9.69 Å². The van der Waals surface area contributed by atoms with E-state index in [-0.39, 0.29) is 5.91 Å². The predicted molar refractivity (Wildman–Crippen MR) is 72.2 cm³/mol. The van der Waals surface area contributed by atoms with Crippen LogP contribution < -0.4 is 5.32 Å². The molecule has 1 aromatic heterocycles. The van der Waals surface area contributed by atoms with Crippen molar-refractivity contribution in [3.63, 3.8) is 0 Å². The highest BCUT2D eigenvalue weighted by Gasteiger charge is 2.25. The molecular formula is C14H22N2O3. The van der Waals surface area contributed by atoms with Crippen LogP contribution in [0.4, 0.5) is 0 Å². The van der Waals surface area contributed by atoms with Gasteiger partial charge in [0, 0.05) is 31.8 Å². The molecular weight excluding hydrogens is 244 g/mol. The summed E-state index contributed by atoms with van der Waals surface area (Å²) in [6.45, 7) is 5.30. The standard InChI is InChI=1S/C14H22N2O3/c1-11-5-8-19-13(11)14(17)15-10-12-4-3-6-16(12)7-9-18-2/h5,8,12H,3-4,6-7,9-10H2,1-2H3,(H,15,17)/t12-/m0/s1. The molecule has 5 heteroatoms. The van der Waals surface area contributed by atoms with Gasteiger partial charge >= 0.3 is 0 Å². The van der Waals surface area contributed by atoms with E-state index in [9.17, 15) is 4.79 Å². The van der Waals surface area contributed by atoms with Gasteiger partial charge in [0.1, 0.15) is 0 Å². The summed E-state index contributed by atoms with van der Waals surface area (Å²) < 4.78 is 10.3. The molecule has 1 atom stereocenters. The van der Waals surface area contributed by atoms with Gasteiger partial charge in [0.15, 0.2) is 5.76 Å².